The minimum atomic E-state index is -0.426. The van der Waals surface area contributed by atoms with Crippen molar-refractivity contribution in [1.82, 2.24) is 0 Å². The zero-order chi connectivity index (χ0) is 15.4. The van der Waals surface area contributed by atoms with Gasteiger partial charge in [0.1, 0.15) is 12.4 Å². The molecule has 0 unspecified atom stereocenters. The van der Waals surface area contributed by atoms with Gasteiger partial charge in [-0.05, 0) is 57.7 Å². The topological polar surface area (TPSA) is 52.4 Å². The van der Waals surface area contributed by atoms with Crippen LogP contribution in [0.4, 0.5) is 5.69 Å². The van der Waals surface area contributed by atoms with Gasteiger partial charge in [0.2, 0.25) is 0 Å². The molecule has 0 saturated heterocycles. The van der Waals surface area contributed by atoms with Crippen LogP contribution in [0.5, 0.6) is 5.75 Å². The number of halogens is 2. The fourth-order valence-electron chi connectivity index (χ4n) is 1.87. The summed E-state index contributed by atoms with van der Waals surface area (Å²) in [7, 11) is 0. The van der Waals surface area contributed by atoms with E-state index in [2.05, 4.69) is 15.9 Å². The predicted octanol–water partition coefficient (Wildman–Crippen LogP) is 5.15. The summed E-state index contributed by atoms with van der Waals surface area (Å²) in [6.07, 6.45) is 0.819. The Labute approximate surface area is 136 Å². The molecular weight excluding hydrogens is 358 g/mol. The first-order valence-corrected chi connectivity index (χ1v) is 7.52. The molecule has 0 aliphatic carbocycles. The minimum Gasteiger partial charge on any atom is -0.489 e. The Bertz CT molecular complexity index is 676. The third-order valence-electron chi connectivity index (χ3n) is 3.01. The molecule has 0 heterocycles. The molecule has 0 amide bonds. The van der Waals surface area contributed by atoms with Crippen LogP contribution in [0.15, 0.2) is 40.9 Å². The summed E-state index contributed by atoms with van der Waals surface area (Å²) in [5, 5.41) is 11.6. The quantitative estimate of drug-likeness (QED) is 0.540. The van der Waals surface area contributed by atoms with Gasteiger partial charge < -0.3 is 4.74 Å². The summed E-state index contributed by atoms with van der Waals surface area (Å²) in [6, 6.07) is 10.4. The van der Waals surface area contributed by atoms with Crippen molar-refractivity contribution in [2.45, 2.75) is 20.0 Å². The van der Waals surface area contributed by atoms with E-state index in [1.54, 1.807) is 24.3 Å². The van der Waals surface area contributed by atoms with E-state index in [0.717, 1.165) is 17.5 Å². The number of nitrogens with zero attached hydrogens (tertiary/aromatic N) is 1. The van der Waals surface area contributed by atoms with E-state index in [1.807, 2.05) is 13.0 Å². The first-order chi connectivity index (χ1) is 10.0. The van der Waals surface area contributed by atoms with Gasteiger partial charge in [-0.3, -0.25) is 10.1 Å². The molecule has 0 bridgehead atoms. The van der Waals surface area contributed by atoms with E-state index in [4.69, 9.17) is 16.3 Å². The first-order valence-electron chi connectivity index (χ1n) is 6.35. The highest BCUT2D eigenvalue weighted by molar-refractivity contribution is 9.10. The monoisotopic (exact) mass is 369 g/mol. The molecule has 0 aliphatic heterocycles. The van der Waals surface area contributed by atoms with Gasteiger partial charge in [-0.1, -0.05) is 24.6 Å². The van der Waals surface area contributed by atoms with Crippen molar-refractivity contribution < 1.29 is 9.66 Å². The van der Waals surface area contributed by atoms with Gasteiger partial charge in [0.15, 0.2) is 0 Å². The average Bonchev–Trinajstić information content (AvgIpc) is 2.47. The summed E-state index contributed by atoms with van der Waals surface area (Å²) in [5.74, 6) is 0.696. The van der Waals surface area contributed by atoms with Crippen LogP contribution < -0.4 is 4.74 Å². The Hall–Kier alpha value is -1.59. The van der Waals surface area contributed by atoms with Crippen molar-refractivity contribution in [2.24, 2.45) is 0 Å². The Morgan fingerprint density at radius 3 is 2.71 bits per heavy atom. The summed E-state index contributed by atoms with van der Waals surface area (Å²) < 4.78 is 6.12. The summed E-state index contributed by atoms with van der Waals surface area (Å²) in [6.45, 7) is 2.28. The third kappa shape index (κ3) is 3.95. The first kappa shape index (κ1) is 15.8. The average molecular weight is 371 g/mol. The molecule has 6 heteroatoms. The normalized spacial score (nSPS) is 10.4. The highest BCUT2D eigenvalue weighted by Gasteiger charge is 2.12. The van der Waals surface area contributed by atoms with Gasteiger partial charge in [0.25, 0.3) is 5.69 Å². The number of benzene rings is 2. The fraction of sp³-hybridized carbons (Fsp3) is 0.200. The zero-order valence-corrected chi connectivity index (χ0v) is 13.6. The van der Waals surface area contributed by atoms with Gasteiger partial charge in [-0.15, -0.1) is 0 Å². The van der Waals surface area contributed by atoms with Gasteiger partial charge in [0, 0.05) is 11.1 Å². The van der Waals surface area contributed by atoms with Crippen LogP contribution in [0.1, 0.15) is 18.1 Å². The standard InChI is InChI=1S/C15H13BrClNO3/c1-2-11-8-12(4-6-14(11)17)21-9-10-3-5-13(16)15(7-10)18(19)20/h3-8H,2,9H2,1H3. The van der Waals surface area contributed by atoms with E-state index in [-0.39, 0.29) is 12.3 Å². The van der Waals surface area contributed by atoms with E-state index in [1.165, 1.54) is 6.07 Å². The van der Waals surface area contributed by atoms with Crippen molar-refractivity contribution in [3.05, 3.63) is 67.1 Å². The number of rotatable bonds is 5. The van der Waals surface area contributed by atoms with Crippen LogP contribution in [0.3, 0.4) is 0 Å². The van der Waals surface area contributed by atoms with Gasteiger partial charge in [-0.25, -0.2) is 0 Å². The number of hydrogen-bond acceptors (Lipinski definition) is 3. The zero-order valence-electron chi connectivity index (χ0n) is 11.3. The van der Waals surface area contributed by atoms with Crippen molar-refractivity contribution in [1.29, 1.82) is 0 Å². The predicted molar refractivity (Wildman–Crippen MR) is 86.0 cm³/mol. The Morgan fingerprint density at radius 2 is 2.05 bits per heavy atom. The van der Waals surface area contributed by atoms with Crippen LogP contribution >= 0.6 is 27.5 Å². The van der Waals surface area contributed by atoms with Gasteiger partial charge in [-0.2, -0.15) is 0 Å². The molecule has 2 rings (SSSR count). The van der Waals surface area contributed by atoms with E-state index in [9.17, 15) is 10.1 Å². The van der Waals surface area contributed by atoms with Crippen molar-refractivity contribution in [3.8, 4) is 5.75 Å². The lowest BCUT2D eigenvalue weighted by Gasteiger charge is -2.09. The number of aryl methyl sites for hydroxylation is 1. The second-order valence-corrected chi connectivity index (χ2v) is 5.70. The minimum absolute atomic E-state index is 0.0291. The maximum absolute atomic E-state index is 10.9. The smallest absolute Gasteiger partial charge is 0.283 e. The van der Waals surface area contributed by atoms with E-state index < -0.39 is 4.92 Å². The third-order valence-corrected chi connectivity index (χ3v) is 4.05. The van der Waals surface area contributed by atoms with Crippen molar-refractivity contribution in [2.75, 3.05) is 0 Å². The lowest BCUT2D eigenvalue weighted by molar-refractivity contribution is -0.385. The van der Waals surface area contributed by atoms with Crippen molar-refractivity contribution >= 4 is 33.2 Å². The van der Waals surface area contributed by atoms with Crippen LogP contribution in [0, 0.1) is 10.1 Å². The molecule has 110 valence electrons. The molecule has 0 spiro atoms. The summed E-state index contributed by atoms with van der Waals surface area (Å²) in [5.41, 5.74) is 1.77. The molecule has 0 aromatic heterocycles. The van der Waals surface area contributed by atoms with Crippen LogP contribution in [0.2, 0.25) is 5.02 Å². The molecule has 0 N–H and O–H groups in total. The maximum Gasteiger partial charge on any atom is 0.283 e. The molecule has 2 aromatic rings. The Kier molecular flexibility index (Phi) is 5.20. The van der Waals surface area contributed by atoms with Crippen LogP contribution in [0.25, 0.3) is 0 Å². The van der Waals surface area contributed by atoms with E-state index >= 15 is 0 Å². The molecular formula is C15H13BrClNO3. The second-order valence-electron chi connectivity index (χ2n) is 4.44. The molecule has 0 atom stereocenters. The summed E-state index contributed by atoms with van der Waals surface area (Å²) in [4.78, 5) is 10.5. The molecule has 0 radical (unpaired) electrons. The number of ether oxygens (including phenoxy) is 1. The maximum atomic E-state index is 10.9. The van der Waals surface area contributed by atoms with Gasteiger partial charge >= 0.3 is 0 Å². The summed E-state index contributed by atoms with van der Waals surface area (Å²) >= 11 is 9.21. The number of hydrogen-bond donors (Lipinski definition) is 0. The number of nitro groups is 1. The van der Waals surface area contributed by atoms with Crippen molar-refractivity contribution in [3.63, 3.8) is 0 Å². The SMILES string of the molecule is CCc1cc(OCc2ccc(Br)c([N+](=O)[O-])c2)ccc1Cl. The molecule has 4 nitrogen and oxygen atoms in total. The second kappa shape index (κ2) is 6.91. The molecule has 0 fully saturated rings. The lowest BCUT2D eigenvalue weighted by Crippen LogP contribution is -1.98. The van der Waals surface area contributed by atoms with Crippen LogP contribution in [-0.4, -0.2) is 4.92 Å². The Balaban J connectivity index is 2.13. The number of nitro benzene ring substituents is 1. The highest BCUT2D eigenvalue weighted by Crippen LogP contribution is 2.27. The van der Waals surface area contributed by atoms with Crippen LogP contribution in [-0.2, 0) is 13.0 Å². The Morgan fingerprint density at radius 1 is 1.29 bits per heavy atom. The fourth-order valence-corrected chi connectivity index (χ4v) is 2.51. The molecule has 0 aliphatic rings. The lowest BCUT2D eigenvalue weighted by atomic mass is 10.1. The van der Waals surface area contributed by atoms with E-state index in [0.29, 0.717) is 15.2 Å². The largest absolute Gasteiger partial charge is 0.489 e. The molecule has 2 aromatic carbocycles. The van der Waals surface area contributed by atoms with Gasteiger partial charge in [0.05, 0.1) is 9.40 Å². The highest BCUT2D eigenvalue weighted by atomic mass is 79.9. The molecule has 0 saturated carbocycles. The molecule has 21 heavy (non-hydrogen) atoms.